The molecular formula is C14H15ClN2O3. The summed E-state index contributed by atoms with van der Waals surface area (Å²) >= 11 is 5.99. The van der Waals surface area contributed by atoms with Crippen molar-refractivity contribution in [2.45, 2.75) is 19.3 Å². The van der Waals surface area contributed by atoms with Crippen LogP contribution in [0.3, 0.4) is 0 Å². The van der Waals surface area contributed by atoms with E-state index >= 15 is 0 Å². The lowest BCUT2D eigenvalue weighted by Crippen LogP contribution is -2.37. The van der Waals surface area contributed by atoms with Gasteiger partial charge < -0.3 is 10.0 Å². The van der Waals surface area contributed by atoms with Crippen molar-refractivity contribution >= 4 is 23.5 Å². The molecule has 6 heteroatoms. The zero-order valence-corrected chi connectivity index (χ0v) is 11.6. The molecule has 1 aromatic rings. The molecule has 106 valence electrons. The van der Waals surface area contributed by atoms with Crippen molar-refractivity contribution in [3.05, 3.63) is 29.0 Å². The van der Waals surface area contributed by atoms with Crippen LogP contribution in [0.1, 0.15) is 29.6 Å². The lowest BCUT2D eigenvalue weighted by Gasteiger charge is -2.23. The number of aromatic nitrogens is 1. The second-order valence-corrected chi connectivity index (χ2v) is 6.00. The average molecular weight is 295 g/mol. The van der Waals surface area contributed by atoms with Crippen molar-refractivity contribution in [3.63, 3.8) is 0 Å². The molecule has 0 bridgehead atoms. The van der Waals surface area contributed by atoms with E-state index in [1.807, 2.05) is 0 Å². The maximum Gasteiger partial charge on any atom is 0.311 e. The highest BCUT2D eigenvalue weighted by atomic mass is 35.5. The van der Waals surface area contributed by atoms with Crippen LogP contribution < -0.4 is 0 Å². The number of carbonyl (C=O) groups is 2. The maximum atomic E-state index is 12.5. The first-order valence-corrected chi connectivity index (χ1v) is 7.04. The minimum atomic E-state index is -0.781. The van der Waals surface area contributed by atoms with Gasteiger partial charge in [0.1, 0.15) is 0 Å². The molecule has 1 saturated heterocycles. The number of pyridine rings is 1. The lowest BCUT2D eigenvalue weighted by atomic mass is 9.81. The highest BCUT2D eigenvalue weighted by molar-refractivity contribution is 6.33. The van der Waals surface area contributed by atoms with Crippen molar-refractivity contribution in [1.82, 2.24) is 9.88 Å². The van der Waals surface area contributed by atoms with Gasteiger partial charge in [0.05, 0.1) is 16.0 Å². The summed E-state index contributed by atoms with van der Waals surface area (Å²) in [5.74, 6) is -0.923. The van der Waals surface area contributed by atoms with E-state index in [1.54, 1.807) is 11.0 Å². The molecule has 2 heterocycles. The van der Waals surface area contributed by atoms with E-state index in [0.29, 0.717) is 23.6 Å². The number of carboxylic acid groups (broad SMARTS) is 1. The SMILES string of the molecule is O=C(c1ccncc1Cl)N1C[C@@H]2CCC[C@@]2(C(=O)O)C1. The largest absolute Gasteiger partial charge is 0.481 e. The van der Waals surface area contributed by atoms with Gasteiger partial charge in [-0.15, -0.1) is 0 Å². The highest BCUT2D eigenvalue weighted by Crippen LogP contribution is 2.49. The van der Waals surface area contributed by atoms with E-state index in [2.05, 4.69) is 4.98 Å². The quantitative estimate of drug-likeness (QED) is 0.906. The van der Waals surface area contributed by atoms with Gasteiger partial charge >= 0.3 is 5.97 Å². The van der Waals surface area contributed by atoms with Crippen LogP contribution in [0.25, 0.3) is 0 Å². The molecule has 2 aliphatic rings. The topological polar surface area (TPSA) is 70.5 Å². The zero-order chi connectivity index (χ0) is 14.3. The Bertz CT molecular complexity index is 577. The average Bonchev–Trinajstić information content (AvgIpc) is 2.96. The number of nitrogens with zero attached hydrogens (tertiary/aromatic N) is 2. The molecule has 5 nitrogen and oxygen atoms in total. The van der Waals surface area contributed by atoms with Gasteiger partial charge in [-0.2, -0.15) is 0 Å². The summed E-state index contributed by atoms with van der Waals surface area (Å²) in [7, 11) is 0. The normalized spacial score (nSPS) is 28.4. The van der Waals surface area contributed by atoms with Crippen molar-refractivity contribution in [3.8, 4) is 0 Å². The molecule has 1 saturated carbocycles. The molecule has 0 unspecified atom stereocenters. The Morgan fingerprint density at radius 3 is 2.95 bits per heavy atom. The van der Waals surface area contributed by atoms with Crippen LogP contribution in [-0.2, 0) is 4.79 Å². The number of carbonyl (C=O) groups excluding carboxylic acids is 1. The van der Waals surface area contributed by atoms with Crippen LogP contribution in [0.4, 0.5) is 0 Å². The highest BCUT2D eigenvalue weighted by Gasteiger charge is 2.55. The number of rotatable bonds is 2. The predicted octanol–water partition coefficient (Wildman–Crippen LogP) is 2.06. The molecule has 1 amide bonds. The van der Waals surface area contributed by atoms with Crippen LogP contribution in [0, 0.1) is 11.3 Å². The molecule has 0 radical (unpaired) electrons. The first-order chi connectivity index (χ1) is 9.54. The number of likely N-dealkylation sites (tertiary alicyclic amines) is 1. The summed E-state index contributed by atoms with van der Waals surface area (Å²) in [6.07, 6.45) is 5.40. The second kappa shape index (κ2) is 4.74. The van der Waals surface area contributed by atoms with Gasteiger partial charge in [-0.25, -0.2) is 0 Å². The second-order valence-electron chi connectivity index (χ2n) is 5.59. The van der Waals surface area contributed by atoms with Gasteiger partial charge in [-0.3, -0.25) is 14.6 Å². The van der Waals surface area contributed by atoms with Gasteiger partial charge in [0.15, 0.2) is 0 Å². The molecule has 2 fully saturated rings. The van der Waals surface area contributed by atoms with Crippen LogP contribution in [-0.4, -0.2) is 40.0 Å². The number of amides is 1. The van der Waals surface area contributed by atoms with E-state index < -0.39 is 11.4 Å². The number of hydrogen-bond acceptors (Lipinski definition) is 3. The summed E-state index contributed by atoms with van der Waals surface area (Å²) in [5, 5.41) is 9.83. The minimum absolute atomic E-state index is 0.0598. The Kier molecular flexibility index (Phi) is 3.17. The van der Waals surface area contributed by atoms with Crippen LogP contribution in [0.2, 0.25) is 5.02 Å². The fraction of sp³-hybridized carbons (Fsp3) is 0.500. The molecule has 1 aliphatic heterocycles. The van der Waals surface area contributed by atoms with Crippen molar-refractivity contribution in [2.75, 3.05) is 13.1 Å². The van der Waals surface area contributed by atoms with Crippen LogP contribution in [0.15, 0.2) is 18.5 Å². The minimum Gasteiger partial charge on any atom is -0.481 e. The molecule has 1 aromatic heterocycles. The van der Waals surface area contributed by atoms with Crippen LogP contribution in [0.5, 0.6) is 0 Å². The zero-order valence-electron chi connectivity index (χ0n) is 10.9. The summed E-state index contributed by atoms with van der Waals surface area (Å²) in [6.45, 7) is 0.786. The fourth-order valence-corrected chi connectivity index (χ4v) is 3.71. The summed E-state index contributed by atoms with van der Waals surface area (Å²) in [5.41, 5.74) is -0.364. The van der Waals surface area contributed by atoms with Gasteiger partial charge in [0.25, 0.3) is 5.91 Å². The third kappa shape index (κ3) is 1.88. The number of hydrogen-bond donors (Lipinski definition) is 1. The van der Waals surface area contributed by atoms with E-state index in [1.165, 1.54) is 12.4 Å². The molecule has 3 rings (SSSR count). The maximum absolute atomic E-state index is 12.5. The Hall–Kier alpha value is -1.62. The van der Waals surface area contributed by atoms with Crippen molar-refractivity contribution < 1.29 is 14.7 Å². The third-order valence-electron chi connectivity index (χ3n) is 4.59. The van der Waals surface area contributed by atoms with E-state index in [4.69, 9.17) is 11.6 Å². The molecule has 1 N–H and O–H groups in total. The van der Waals surface area contributed by atoms with Crippen LogP contribution >= 0.6 is 11.6 Å². The Morgan fingerprint density at radius 2 is 2.30 bits per heavy atom. The van der Waals surface area contributed by atoms with Gasteiger partial charge in [-0.1, -0.05) is 18.0 Å². The first-order valence-electron chi connectivity index (χ1n) is 6.67. The van der Waals surface area contributed by atoms with E-state index in [9.17, 15) is 14.7 Å². The number of halogens is 1. The summed E-state index contributed by atoms with van der Waals surface area (Å²) in [4.78, 5) is 29.6. The van der Waals surface area contributed by atoms with Gasteiger partial charge in [0.2, 0.25) is 0 Å². The van der Waals surface area contributed by atoms with Crippen molar-refractivity contribution in [2.24, 2.45) is 11.3 Å². The smallest absolute Gasteiger partial charge is 0.311 e. The summed E-state index contributed by atoms with van der Waals surface area (Å²) in [6, 6.07) is 1.58. The fourth-order valence-electron chi connectivity index (χ4n) is 3.51. The molecule has 1 aliphatic carbocycles. The summed E-state index contributed by atoms with van der Waals surface area (Å²) < 4.78 is 0. The Labute approximate surface area is 121 Å². The van der Waals surface area contributed by atoms with Gasteiger partial charge in [-0.05, 0) is 24.8 Å². The Balaban J connectivity index is 1.86. The third-order valence-corrected chi connectivity index (χ3v) is 4.89. The first kappa shape index (κ1) is 13.4. The Morgan fingerprint density at radius 1 is 1.50 bits per heavy atom. The molecular weight excluding hydrogens is 280 g/mol. The monoisotopic (exact) mass is 294 g/mol. The molecule has 0 spiro atoms. The standard InChI is InChI=1S/C14H15ClN2O3/c15-11-6-16-5-3-10(11)12(18)17-7-9-2-1-4-14(9,8-17)13(19)20/h3,5-6,9H,1-2,4,7-8H2,(H,19,20)/t9-,14+/m0/s1. The predicted molar refractivity (Wildman–Crippen MR) is 72.6 cm³/mol. The number of fused-ring (bicyclic) bond motifs is 1. The number of carboxylic acids is 1. The molecule has 0 aromatic carbocycles. The van der Waals surface area contributed by atoms with E-state index in [-0.39, 0.29) is 18.4 Å². The van der Waals surface area contributed by atoms with E-state index in [0.717, 1.165) is 12.8 Å². The molecule has 20 heavy (non-hydrogen) atoms. The number of aliphatic carboxylic acids is 1. The van der Waals surface area contributed by atoms with Crippen molar-refractivity contribution in [1.29, 1.82) is 0 Å². The molecule has 2 atom stereocenters. The van der Waals surface area contributed by atoms with Gasteiger partial charge in [0, 0.05) is 25.5 Å². The lowest BCUT2D eigenvalue weighted by molar-refractivity contribution is -0.149.